The van der Waals surface area contributed by atoms with Gasteiger partial charge in [-0.25, -0.2) is 0 Å². The molecule has 1 heterocycles. The number of benzene rings is 1. The summed E-state index contributed by atoms with van der Waals surface area (Å²) in [6.45, 7) is 8.56. The molecule has 1 aromatic rings. The van der Waals surface area contributed by atoms with Crippen LogP contribution in [0.3, 0.4) is 0 Å². The highest BCUT2D eigenvalue weighted by atomic mass is 32.2. The van der Waals surface area contributed by atoms with Crippen LogP contribution in [-0.4, -0.2) is 37.5 Å². The number of ether oxygens (including phenoxy) is 1. The Labute approximate surface area is 124 Å². The predicted molar refractivity (Wildman–Crippen MR) is 83.7 cm³/mol. The fourth-order valence-corrected chi connectivity index (χ4v) is 3.52. The summed E-state index contributed by atoms with van der Waals surface area (Å²) in [5.41, 5.74) is 8.27. The standard InChI is InChI=1S/C15H22N2O2S/c1-4-20-13-8-12(7-10(2)14(13)15(16)18)17-5-6-19-9-11(17)3/h7-8,11H,4-6,9H2,1-3H3,(H2,16,18)/t11-/m1/s1. The number of carbonyl (C=O) groups is 1. The first kappa shape index (κ1) is 15.2. The van der Waals surface area contributed by atoms with Gasteiger partial charge in [-0.05, 0) is 37.3 Å². The first-order valence-electron chi connectivity index (χ1n) is 6.96. The van der Waals surface area contributed by atoms with E-state index in [4.69, 9.17) is 10.5 Å². The summed E-state index contributed by atoms with van der Waals surface area (Å²) in [5, 5.41) is 0. The maximum Gasteiger partial charge on any atom is 0.250 e. The van der Waals surface area contributed by atoms with Gasteiger partial charge in [-0.2, -0.15) is 0 Å². The lowest BCUT2D eigenvalue weighted by molar-refractivity contribution is 0.0986. The minimum Gasteiger partial charge on any atom is -0.377 e. The van der Waals surface area contributed by atoms with E-state index in [9.17, 15) is 4.79 Å². The number of aryl methyl sites for hydroxylation is 1. The number of rotatable bonds is 4. The van der Waals surface area contributed by atoms with Crippen molar-refractivity contribution in [2.75, 3.05) is 30.4 Å². The van der Waals surface area contributed by atoms with Crippen LogP contribution < -0.4 is 10.6 Å². The zero-order valence-electron chi connectivity index (χ0n) is 12.3. The Bertz CT molecular complexity index is 505. The van der Waals surface area contributed by atoms with Gasteiger partial charge in [0.2, 0.25) is 5.91 Å². The molecule has 4 nitrogen and oxygen atoms in total. The van der Waals surface area contributed by atoms with Gasteiger partial charge in [-0.1, -0.05) is 6.92 Å². The minimum absolute atomic E-state index is 0.347. The second-order valence-electron chi connectivity index (χ2n) is 5.05. The maximum absolute atomic E-state index is 11.6. The van der Waals surface area contributed by atoms with Crippen molar-refractivity contribution in [2.45, 2.75) is 31.7 Å². The Kier molecular flexibility index (Phi) is 4.94. The molecular weight excluding hydrogens is 272 g/mol. The van der Waals surface area contributed by atoms with Crippen molar-refractivity contribution < 1.29 is 9.53 Å². The van der Waals surface area contributed by atoms with Gasteiger partial charge in [0.1, 0.15) is 0 Å². The van der Waals surface area contributed by atoms with Gasteiger partial charge in [0.15, 0.2) is 0 Å². The molecule has 0 bridgehead atoms. The zero-order valence-corrected chi connectivity index (χ0v) is 13.1. The number of hydrogen-bond donors (Lipinski definition) is 1. The Balaban J connectivity index is 2.42. The lowest BCUT2D eigenvalue weighted by atomic mass is 10.1. The Hall–Kier alpha value is -1.20. The molecule has 1 aromatic carbocycles. The number of primary amides is 1. The molecule has 0 saturated carbocycles. The summed E-state index contributed by atoms with van der Waals surface area (Å²) < 4.78 is 5.48. The van der Waals surface area contributed by atoms with Crippen LogP contribution in [0.2, 0.25) is 0 Å². The molecule has 1 saturated heterocycles. The zero-order chi connectivity index (χ0) is 14.7. The van der Waals surface area contributed by atoms with Crippen molar-refractivity contribution in [3.05, 3.63) is 23.3 Å². The van der Waals surface area contributed by atoms with E-state index in [1.54, 1.807) is 11.8 Å². The summed E-state index contributed by atoms with van der Waals surface area (Å²) in [6, 6.07) is 4.49. The molecule has 0 aliphatic carbocycles. The van der Waals surface area contributed by atoms with Crippen LogP contribution in [0.5, 0.6) is 0 Å². The molecular formula is C15H22N2O2S. The molecule has 0 spiro atoms. The third-order valence-electron chi connectivity index (χ3n) is 3.53. The fraction of sp³-hybridized carbons (Fsp3) is 0.533. The number of nitrogens with zero attached hydrogens (tertiary/aromatic N) is 1. The van der Waals surface area contributed by atoms with Crippen LogP contribution >= 0.6 is 11.8 Å². The Morgan fingerprint density at radius 3 is 2.90 bits per heavy atom. The minimum atomic E-state index is -0.347. The molecule has 1 fully saturated rings. The molecule has 110 valence electrons. The van der Waals surface area contributed by atoms with Crippen LogP contribution in [0.4, 0.5) is 5.69 Å². The van der Waals surface area contributed by atoms with Gasteiger partial charge < -0.3 is 15.4 Å². The van der Waals surface area contributed by atoms with E-state index >= 15 is 0 Å². The number of carbonyl (C=O) groups excluding carboxylic acids is 1. The number of anilines is 1. The Morgan fingerprint density at radius 2 is 2.30 bits per heavy atom. The largest absolute Gasteiger partial charge is 0.377 e. The summed E-state index contributed by atoms with van der Waals surface area (Å²) >= 11 is 1.67. The molecule has 1 amide bonds. The summed E-state index contributed by atoms with van der Waals surface area (Å²) in [7, 11) is 0. The van der Waals surface area contributed by atoms with Gasteiger partial charge in [0.05, 0.1) is 18.8 Å². The van der Waals surface area contributed by atoms with Gasteiger partial charge in [-0.15, -0.1) is 11.8 Å². The monoisotopic (exact) mass is 294 g/mol. The molecule has 0 radical (unpaired) electrons. The van der Waals surface area contributed by atoms with Crippen molar-refractivity contribution in [2.24, 2.45) is 5.73 Å². The van der Waals surface area contributed by atoms with Crippen molar-refractivity contribution in [3.8, 4) is 0 Å². The highest BCUT2D eigenvalue weighted by Crippen LogP contribution is 2.32. The number of morpholine rings is 1. The van der Waals surface area contributed by atoms with Crippen LogP contribution in [-0.2, 0) is 4.74 Å². The Morgan fingerprint density at radius 1 is 1.55 bits per heavy atom. The molecule has 1 aliphatic heterocycles. The smallest absolute Gasteiger partial charge is 0.250 e. The molecule has 0 unspecified atom stereocenters. The summed E-state index contributed by atoms with van der Waals surface area (Å²) in [4.78, 5) is 15.0. The molecule has 5 heteroatoms. The molecule has 2 rings (SSSR count). The van der Waals surface area contributed by atoms with E-state index in [1.165, 1.54) is 0 Å². The summed E-state index contributed by atoms with van der Waals surface area (Å²) in [5.74, 6) is 0.571. The van der Waals surface area contributed by atoms with Gasteiger partial charge in [0, 0.05) is 23.2 Å². The lowest BCUT2D eigenvalue weighted by Gasteiger charge is -2.35. The van der Waals surface area contributed by atoms with Crippen LogP contribution in [0.25, 0.3) is 0 Å². The van der Waals surface area contributed by atoms with E-state index in [0.717, 1.165) is 41.7 Å². The highest BCUT2D eigenvalue weighted by Gasteiger charge is 2.22. The normalized spacial score (nSPS) is 19.1. The average molecular weight is 294 g/mol. The van der Waals surface area contributed by atoms with Crippen LogP contribution in [0.1, 0.15) is 29.8 Å². The van der Waals surface area contributed by atoms with Gasteiger partial charge >= 0.3 is 0 Å². The van der Waals surface area contributed by atoms with Crippen molar-refractivity contribution in [1.29, 1.82) is 0 Å². The van der Waals surface area contributed by atoms with E-state index in [1.807, 2.05) is 6.92 Å². The number of nitrogens with two attached hydrogens (primary N) is 1. The van der Waals surface area contributed by atoms with Crippen molar-refractivity contribution in [1.82, 2.24) is 0 Å². The molecule has 1 aliphatic rings. The fourth-order valence-electron chi connectivity index (χ4n) is 2.60. The second-order valence-corrected chi connectivity index (χ2v) is 6.36. The third-order valence-corrected chi connectivity index (χ3v) is 4.45. The maximum atomic E-state index is 11.6. The first-order chi connectivity index (χ1) is 9.54. The van der Waals surface area contributed by atoms with Crippen LogP contribution in [0, 0.1) is 6.92 Å². The number of hydrogen-bond acceptors (Lipinski definition) is 4. The number of amides is 1. The third kappa shape index (κ3) is 3.10. The van der Waals surface area contributed by atoms with E-state index in [2.05, 4.69) is 30.9 Å². The second kappa shape index (κ2) is 6.50. The molecule has 1 atom stereocenters. The predicted octanol–water partition coefficient (Wildman–Crippen LogP) is 2.43. The lowest BCUT2D eigenvalue weighted by Crippen LogP contribution is -2.43. The van der Waals surface area contributed by atoms with E-state index in [0.29, 0.717) is 11.6 Å². The van der Waals surface area contributed by atoms with Gasteiger partial charge in [-0.3, -0.25) is 4.79 Å². The highest BCUT2D eigenvalue weighted by molar-refractivity contribution is 7.99. The average Bonchev–Trinajstić information content (AvgIpc) is 2.38. The number of thioether (sulfide) groups is 1. The van der Waals surface area contributed by atoms with Crippen molar-refractivity contribution in [3.63, 3.8) is 0 Å². The van der Waals surface area contributed by atoms with Crippen molar-refractivity contribution >= 4 is 23.4 Å². The topological polar surface area (TPSA) is 55.6 Å². The molecule has 2 N–H and O–H groups in total. The quantitative estimate of drug-likeness (QED) is 0.867. The van der Waals surface area contributed by atoms with E-state index < -0.39 is 0 Å². The van der Waals surface area contributed by atoms with E-state index in [-0.39, 0.29) is 5.91 Å². The molecule has 20 heavy (non-hydrogen) atoms. The van der Waals surface area contributed by atoms with Gasteiger partial charge in [0.25, 0.3) is 0 Å². The first-order valence-corrected chi connectivity index (χ1v) is 7.94. The summed E-state index contributed by atoms with van der Waals surface area (Å²) in [6.07, 6.45) is 0. The SMILES string of the molecule is CCSc1cc(N2CCOC[C@H]2C)cc(C)c1C(N)=O. The molecule has 0 aromatic heterocycles. The van der Waals surface area contributed by atoms with Crippen LogP contribution in [0.15, 0.2) is 17.0 Å².